The Balaban J connectivity index is 2.83. The molecule has 14 heavy (non-hydrogen) atoms. The largest absolute Gasteiger partial charge is 0.324 e. The average Bonchev–Trinajstić information content (AvgIpc) is 2.15. The van der Waals surface area contributed by atoms with Crippen LogP contribution in [-0.2, 0) is 0 Å². The Kier molecular flexibility index (Phi) is 3.58. The van der Waals surface area contributed by atoms with Crippen molar-refractivity contribution in [2.75, 3.05) is 0 Å². The first kappa shape index (κ1) is 11.1. The van der Waals surface area contributed by atoms with E-state index in [2.05, 4.69) is 25.8 Å². The number of rotatable bonds is 3. The molecule has 0 spiro atoms. The predicted molar refractivity (Wildman–Crippen MR) is 55.1 cm³/mol. The predicted octanol–water partition coefficient (Wildman–Crippen LogP) is 2.51. The molecular weight excluding hydrogens is 179 g/mol. The Labute approximate surface area is 84.3 Å². The van der Waals surface area contributed by atoms with Crippen LogP contribution in [0.4, 0.5) is 4.39 Å². The SMILES string of the molecule is CC(C)C(C)C(N)c1cncc(F)c1. The Morgan fingerprint density at radius 1 is 1.29 bits per heavy atom. The molecule has 2 unspecified atom stereocenters. The van der Waals surface area contributed by atoms with E-state index in [1.165, 1.54) is 12.3 Å². The normalized spacial score (nSPS) is 15.6. The third kappa shape index (κ3) is 2.51. The van der Waals surface area contributed by atoms with Crippen molar-refractivity contribution in [2.45, 2.75) is 26.8 Å². The third-order valence-corrected chi connectivity index (χ3v) is 2.73. The molecule has 1 aromatic rings. The summed E-state index contributed by atoms with van der Waals surface area (Å²) in [5, 5.41) is 0. The molecule has 2 N–H and O–H groups in total. The van der Waals surface area contributed by atoms with E-state index in [9.17, 15) is 4.39 Å². The zero-order valence-corrected chi connectivity index (χ0v) is 8.87. The zero-order chi connectivity index (χ0) is 10.7. The summed E-state index contributed by atoms with van der Waals surface area (Å²) >= 11 is 0. The second-order valence-electron chi connectivity index (χ2n) is 4.07. The fourth-order valence-electron chi connectivity index (χ4n) is 1.33. The number of hydrogen-bond donors (Lipinski definition) is 1. The molecule has 0 radical (unpaired) electrons. The van der Waals surface area contributed by atoms with Gasteiger partial charge in [0.2, 0.25) is 0 Å². The van der Waals surface area contributed by atoms with Gasteiger partial charge in [-0.1, -0.05) is 20.8 Å². The minimum absolute atomic E-state index is 0.141. The summed E-state index contributed by atoms with van der Waals surface area (Å²) in [4.78, 5) is 3.79. The Morgan fingerprint density at radius 3 is 2.43 bits per heavy atom. The van der Waals surface area contributed by atoms with E-state index in [0.29, 0.717) is 11.8 Å². The van der Waals surface area contributed by atoms with Crippen molar-refractivity contribution >= 4 is 0 Å². The Morgan fingerprint density at radius 2 is 1.93 bits per heavy atom. The minimum atomic E-state index is -0.325. The second kappa shape index (κ2) is 4.51. The molecule has 2 nitrogen and oxygen atoms in total. The van der Waals surface area contributed by atoms with Crippen LogP contribution in [0.3, 0.4) is 0 Å². The highest BCUT2D eigenvalue weighted by Gasteiger charge is 2.18. The van der Waals surface area contributed by atoms with E-state index >= 15 is 0 Å². The fourth-order valence-corrected chi connectivity index (χ4v) is 1.33. The molecule has 3 heteroatoms. The average molecular weight is 196 g/mol. The van der Waals surface area contributed by atoms with Gasteiger partial charge in [-0.15, -0.1) is 0 Å². The summed E-state index contributed by atoms with van der Waals surface area (Å²) in [6, 6.07) is 1.31. The first-order valence-corrected chi connectivity index (χ1v) is 4.88. The van der Waals surface area contributed by atoms with E-state index in [0.717, 1.165) is 5.56 Å². The van der Waals surface area contributed by atoms with Crippen molar-refractivity contribution in [1.82, 2.24) is 4.98 Å². The van der Waals surface area contributed by atoms with E-state index in [4.69, 9.17) is 5.73 Å². The molecule has 0 bridgehead atoms. The van der Waals surface area contributed by atoms with Gasteiger partial charge >= 0.3 is 0 Å². The molecule has 0 saturated heterocycles. The van der Waals surface area contributed by atoms with Gasteiger partial charge in [0.25, 0.3) is 0 Å². The molecule has 1 aromatic heterocycles. The van der Waals surface area contributed by atoms with Crippen molar-refractivity contribution in [2.24, 2.45) is 17.6 Å². The Hall–Kier alpha value is -0.960. The van der Waals surface area contributed by atoms with Crippen molar-refractivity contribution < 1.29 is 4.39 Å². The summed E-state index contributed by atoms with van der Waals surface area (Å²) in [7, 11) is 0. The topological polar surface area (TPSA) is 38.9 Å². The van der Waals surface area contributed by atoms with Gasteiger partial charge in [0.1, 0.15) is 5.82 Å². The molecule has 1 rings (SSSR count). The summed E-state index contributed by atoms with van der Waals surface area (Å²) in [6.07, 6.45) is 2.82. The summed E-state index contributed by atoms with van der Waals surface area (Å²) < 4.78 is 12.9. The maximum Gasteiger partial charge on any atom is 0.141 e. The zero-order valence-electron chi connectivity index (χ0n) is 8.87. The van der Waals surface area contributed by atoms with E-state index in [1.807, 2.05) is 0 Å². The molecular formula is C11H17FN2. The molecule has 0 aliphatic carbocycles. The van der Waals surface area contributed by atoms with Crippen molar-refractivity contribution in [3.63, 3.8) is 0 Å². The summed E-state index contributed by atoms with van der Waals surface area (Å²) in [5.74, 6) is 0.473. The second-order valence-corrected chi connectivity index (χ2v) is 4.07. The van der Waals surface area contributed by atoms with Gasteiger partial charge in [0, 0.05) is 12.2 Å². The van der Waals surface area contributed by atoms with E-state index in [1.54, 1.807) is 6.20 Å². The van der Waals surface area contributed by atoms with Gasteiger partial charge in [-0.05, 0) is 23.5 Å². The number of halogens is 1. The highest BCUT2D eigenvalue weighted by Crippen LogP contribution is 2.24. The maximum absolute atomic E-state index is 12.9. The van der Waals surface area contributed by atoms with Crippen LogP contribution in [0.1, 0.15) is 32.4 Å². The smallest absolute Gasteiger partial charge is 0.141 e. The first-order valence-electron chi connectivity index (χ1n) is 4.88. The van der Waals surface area contributed by atoms with Crippen LogP contribution in [0.2, 0.25) is 0 Å². The van der Waals surface area contributed by atoms with Crippen LogP contribution in [-0.4, -0.2) is 4.98 Å². The van der Waals surface area contributed by atoms with Gasteiger partial charge in [-0.3, -0.25) is 4.98 Å². The summed E-state index contributed by atoms with van der Waals surface area (Å²) in [6.45, 7) is 6.29. The number of nitrogens with zero attached hydrogens (tertiary/aromatic N) is 1. The van der Waals surface area contributed by atoms with Gasteiger partial charge in [-0.2, -0.15) is 0 Å². The third-order valence-electron chi connectivity index (χ3n) is 2.73. The first-order chi connectivity index (χ1) is 6.52. The molecule has 0 saturated carbocycles. The molecule has 1 heterocycles. The number of aromatic nitrogens is 1. The van der Waals surface area contributed by atoms with Gasteiger partial charge < -0.3 is 5.73 Å². The van der Waals surface area contributed by atoms with Crippen LogP contribution in [0, 0.1) is 17.7 Å². The van der Waals surface area contributed by atoms with Gasteiger partial charge in [0.15, 0.2) is 0 Å². The lowest BCUT2D eigenvalue weighted by Gasteiger charge is -2.23. The lowest BCUT2D eigenvalue weighted by molar-refractivity contribution is 0.351. The molecule has 0 amide bonds. The van der Waals surface area contributed by atoms with Crippen LogP contribution >= 0.6 is 0 Å². The van der Waals surface area contributed by atoms with Crippen molar-refractivity contribution in [3.8, 4) is 0 Å². The standard InChI is InChI=1S/C11H17FN2/c1-7(2)8(3)11(13)9-4-10(12)6-14-5-9/h4-8,11H,13H2,1-3H3. The molecule has 0 fully saturated rings. The molecule has 78 valence electrons. The van der Waals surface area contributed by atoms with Gasteiger partial charge in [-0.25, -0.2) is 4.39 Å². The molecule has 0 aliphatic rings. The number of hydrogen-bond acceptors (Lipinski definition) is 2. The van der Waals surface area contributed by atoms with E-state index < -0.39 is 0 Å². The van der Waals surface area contributed by atoms with Crippen LogP contribution in [0.15, 0.2) is 18.5 Å². The lowest BCUT2D eigenvalue weighted by Crippen LogP contribution is -2.23. The molecule has 0 aliphatic heterocycles. The number of pyridine rings is 1. The number of nitrogens with two attached hydrogens (primary N) is 1. The highest BCUT2D eigenvalue weighted by molar-refractivity contribution is 5.15. The maximum atomic E-state index is 12.9. The van der Waals surface area contributed by atoms with Crippen molar-refractivity contribution in [3.05, 3.63) is 29.8 Å². The highest BCUT2D eigenvalue weighted by atomic mass is 19.1. The van der Waals surface area contributed by atoms with Crippen molar-refractivity contribution in [1.29, 1.82) is 0 Å². The Bertz CT molecular complexity index is 299. The van der Waals surface area contributed by atoms with Crippen LogP contribution in [0.5, 0.6) is 0 Å². The van der Waals surface area contributed by atoms with E-state index in [-0.39, 0.29) is 11.9 Å². The van der Waals surface area contributed by atoms with Crippen LogP contribution in [0.25, 0.3) is 0 Å². The fraction of sp³-hybridized carbons (Fsp3) is 0.545. The molecule has 2 atom stereocenters. The minimum Gasteiger partial charge on any atom is -0.324 e. The molecule has 0 aromatic carbocycles. The van der Waals surface area contributed by atoms with Gasteiger partial charge in [0.05, 0.1) is 6.20 Å². The quantitative estimate of drug-likeness (QED) is 0.806. The lowest BCUT2D eigenvalue weighted by atomic mass is 9.87. The van der Waals surface area contributed by atoms with Crippen LogP contribution < -0.4 is 5.73 Å². The monoisotopic (exact) mass is 196 g/mol. The summed E-state index contributed by atoms with van der Waals surface area (Å²) in [5.41, 5.74) is 6.77.